The van der Waals surface area contributed by atoms with E-state index in [1.807, 2.05) is 66.7 Å². The zero-order chi connectivity index (χ0) is 46.6. The van der Waals surface area contributed by atoms with Crippen molar-refractivity contribution in [3.8, 4) is 23.3 Å². The smallest absolute Gasteiger partial charge is 0.333 e. The lowest BCUT2D eigenvalue weighted by Gasteiger charge is -2.64. The van der Waals surface area contributed by atoms with Crippen LogP contribution in [0.3, 0.4) is 0 Å². The largest absolute Gasteiger partial charge is 0.482 e. The van der Waals surface area contributed by atoms with Gasteiger partial charge in [0.25, 0.3) is 0 Å². The maximum absolute atomic E-state index is 15.5. The second kappa shape index (κ2) is 16.0. The number of nitrogens with zero attached hydrogens (tertiary/aromatic N) is 2. The van der Waals surface area contributed by atoms with Crippen molar-refractivity contribution in [1.82, 2.24) is 4.90 Å². The van der Waals surface area contributed by atoms with Crippen LogP contribution in [0.1, 0.15) is 97.8 Å². The van der Waals surface area contributed by atoms with Crippen LogP contribution >= 0.6 is 0 Å². The van der Waals surface area contributed by atoms with Gasteiger partial charge in [0, 0.05) is 47.9 Å². The fourth-order valence-corrected chi connectivity index (χ4v) is 11.5. The summed E-state index contributed by atoms with van der Waals surface area (Å²) in [5.74, 6) is -3.21. The number of Topliss-reactive ketones (excluding diaryl/α,β-unsaturated/α-hetero) is 1. The van der Waals surface area contributed by atoms with E-state index in [1.54, 1.807) is 24.9 Å². The van der Waals surface area contributed by atoms with Gasteiger partial charge in [0.05, 0.1) is 42.2 Å². The molecule has 1 spiro atoms. The zero-order valence-electron chi connectivity index (χ0n) is 38.3. The van der Waals surface area contributed by atoms with Crippen LogP contribution in [0.15, 0.2) is 46.6 Å². The van der Waals surface area contributed by atoms with Crippen LogP contribution in [0.2, 0.25) is 0 Å². The lowest BCUT2D eigenvalue weighted by Crippen LogP contribution is -2.76. The van der Waals surface area contributed by atoms with Crippen molar-refractivity contribution in [3.05, 3.63) is 63.3 Å². The van der Waals surface area contributed by atoms with Crippen LogP contribution in [-0.2, 0) is 30.2 Å². The van der Waals surface area contributed by atoms with Gasteiger partial charge in [0.1, 0.15) is 59.0 Å². The summed E-state index contributed by atoms with van der Waals surface area (Å²) in [5.41, 5.74) is -0.220. The van der Waals surface area contributed by atoms with Crippen molar-refractivity contribution < 1.29 is 58.4 Å². The molecule has 5 fully saturated rings. The minimum absolute atomic E-state index is 0.0430. The summed E-state index contributed by atoms with van der Waals surface area (Å²) in [6.45, 7) is 14.8. The lowest BCUT2D eigenvalue weighted by molar-refractivity contribution is -0.277. The maximum atomic E-state index is 15.5. The van der Waals surface area contributed by atoms with Gasteiger partial charge in [0.2, 0.25) is 6.29 Å². The number of aliphatic hydroxyl groups excluding tert-OH is 4. The predicted octanol–water partition coefficient (Wildman–Crippen LogP) is 5.08. The Labute approximate surface area is 374 Å². The molecule has 3 saturated carbocycles. The van der Waals surface area contributed by atoms with Crippen LogP contribution in [0.25, 0.3) is 11.8 Å². The first-order valence-electron chi connectivity index (χ1n) is 22.1. The quantitative estimate of drug-likeness (QED) is 0.111. The Balaban J connectivity index is 1.49. The standard InChI is InChI=1S/C49H61N3O12/c1-23(2)12-11-17-47(8)18-16-27-39(62-47)26(14-13-24(3)4)41-33(40(27)61-45-38(56)37(55)36(54)30(22-53)60-45)35-34-32(29(21-50)43(51)52(35)9)28-20-31-46(6,7)64-48(42(28)57,49(31,34)63-41)19-15-25(5)44(58)59-10/h12-13,15-16,18,28-32,36-38,45,51,53-56H,11,14,17,19-20,22H2,1-10H3/t28?,29?,30-,31?,32?,36-,37+,38-,45+,47?,48?,49?/m0/s1. The van der Waals surface area contributed by atoms with Crippen LogP contribution in [-0.4, -0.2) is 117 Å². The van der Waals surface area contributed by atoms with E-state index >= 15 is 4.79 Å². The SMILES string of the molecule is COC(=O)C(C)=CCC12OC(C)(C)C3CC(C1=O)C1C4=C(c5c(O[C@H]6O[C@@H](CO)[C@H](O)[C@@H](O)[C@@H]6O)c6c(c(CC=C(C)C)c5OC432)OC(C)(CCC=C(C)C)C=C6)N(C)C(=N)C1C#N. The summed E-state index contributed by atoms with van der Waals surface area (Å²) in [6.07, 6.45) is 3.39. The second-order valence-corrected chi connectivity index (χ2v) is 19.7. The summed E-state index contributed by atoms with van der Waals surface area (Å²) >= 11 is 0. The van der Waals surface area contributed by atoms with Crippen molar-refractivity contribution in [1.29, 1.82) is 10.7 Å². The number of fused-ring (bicyclic) bond motifs is 3. The van der Waals surface area contributed by atoms with Crippen molar-refractivity contribution in [2.24, 2.45) is 23.7 Å². The number of rotatable bonds is 11. The monoisotopic (exact) mass is 883 g/mol. The van der Waals surface area contributed by atoms with Gasteiger partial charge in [-0.05, 0) is 93.2 Å². The molecule has 8 aliphatic rings. The normalized spacial score (nSPS) is 36.2. The first-order valence-corrected chi connectivity index (χ1v) is 22.1. The van der Waals surface area contributed by atoms with Gasteiger partial charge in [-0.15, -0.1) is 0 Å². The zero-order valence-corrected chi connectivity index (χ0v) is 38.3. The highest BCUT2D eigenvalue weighted by atomic mass is 16.7. The van der Waals surface area contributed by atoms with E-state index in [2.05, 4.69) is 12.1 Å². The molecular formula is C49H61N3O12. The van der Waals surface area contributed by atoms with Crippen molar-refractivity contribution in [3.63, 3.8) is 0 Å². The molecule has 0 aromatic heterocycles. The molecule has 3 aliphatic carbocycles. The van der Waals surface area contributed by atoms with E-state index in [0.29, 0.717) is 53.0 Å². The van der Waals surface area contributed by atoms with Crippen molar-refractivity contribution in [2.75, 3.05) is 20.8 Å². The number of ketones is 1. The highest BCUT2D eigenvalue weighted by Gasteiger charge is 2.84. The van der Waals surface area contributed by atoms with Crippen molar-refractivity contribution >= 4 is 29.4 Å². The van der Waals surface area contributed by atoms with Crippen molar-refractivity contribution in [2.45, 2.75) is 141 Å². The Morgan fingerprint density at radius 2 is 1.73 bits per heavy atom. The number of nitriles is 1. The Bertz CT molecular complexity index is 2380. The molecule has 5 aliphatic heterocycles. The number of carbonyl (C=O) groups excluding carboxylic acids is 2. The number of ether oxygens (including phenoxy) is 6. The molecule has 9 rings (SSSR count). The molecule has 1 aromatic carbocycles. The molecule has 7 unspecified atom stereocenters. The van der Waals surface area contributed by atoms with Gasteiger partial charge >= 0.3 is 5.97 Å². The molecule has 5 N–H and O–H groups in total. The fraction of sp³-hybridized carbons (Fsp3) is 0.592. The molecule has 15 nitrogen and oxygen atoms in total. The highest BCUT2D eigenvalue weighted by Crippen LogP contribution is 2.74. The number of nitrogens with one attached hydrogen (secondary N) is 1. The van der Waals surface area contributed by atoms with E-state index in [9.17, 15) is 35.9 Å². The Kier molecular flexibility index (Phi) is 11.4. The fourth-order valence-electron chi connectivity index (χ4n) is 11.5. The van der Waals surface area contributed by atoms with Gasteiger partial charge < -0.3 is 53.7 Å². The third-order valence-corrected chi connectivity index (χ3v) is 14.6. The van der Waals surface area contributed by atoms with E-state index in [4.69, 9.17) is 28.4 Å². The summed E-state index contributed by atoms with van der Waals surface area (Å²) in [4.78, 5) is 30.0. The molecule has 0 amide bonds. The van der Waals surface area contributed by atoms with E-state index < -0.39 is 89.4 Å². The Hall–Kier alpha value is -4.82. The number of hydrogen-bond acceptors (Lipinski definition) is 14. The topological polar surface area (TPSA) is 221 Å². The molecule has 1 aromatic rings. The van der Waals surface area contributed by atoms with Gasteiger partial charge in [-0.1, -0.05) is 29.4 Å². The average molecular weight is 884 g/mol. The number of methoxy groups -OCH3 is 1. The van der Waals surface area contributed by atoms with E-state index in [-0.39, 0.29) is 41.5 Å². The number of hydrogen-bond donors (Lipinski definition) is 5. The van der Waals surface area contributed by atoms with Crippen LogP contribution in [0, 0.1) is 40.4 Å². The third-order valence-electron chi connectivity index (χ3n) is 14.6. The lowest BCUT2D eigenvalue weighted by atomic mass is 9.44. The van der Waals surface area contributed by atoms with E-state index in [0.717, 1.165) is 11.1 Å². The number of benzene rings is 1. The molecular weight excluding hydrogens is 823 g/mol. The summed E-state index contributed by atoms with van der Waals surface area (Å²) in [6, 6.07) is 2.36. The number of aliphatic hydroxyl groups is 4. The van der Waals surface area contributed by atoms with Gasteiger partial charge in [-0.2, -0.15) is 5.26 Å². The molecule has 15 heteroatoms. The predicted molar refractivity (Wildman–Crippen MR) is 234 cm³/mol. The first-order chi connectivity index (χ1) is 30.1. The number of allylic oxidation sites excluding steroid dienone is 4. The average Bonchev–Trinajstić information content (AvgIpc) is 3.39. The summed E-state index contributed by atoms with van der Waals surface area (Å²) in [7, 11) is 2.98. The van der Waals surface area contributed by atoms with Gasteiger partial charge in [0.15, 0.2) is 17.0 Å². The second-order valence-electron chi connectivity index (χ2n) is 19.7. The number of esters is 1. The van der Waals surface area contributed by atoms with Crippen LogP contribution in [0.5, 0.6) is 17.2 Å². The van der Waals surface area contributed by atoms with Crippen LogP contribution in [0.4, 0.5) is 0 Å². The van der Waals surface area contributed by atoms with Crippen LogP contribution < -0.4 is 14.2 Å². The minimum atomic E-state index is -1.79. The molecule has 0 radical (unpaired) electrons. The molecule has 12 atom stereocenters. The molecule has 344 valence electrons. The Morgan fingerprint density at radius 3 is 2.38 bits per heavy atom. The number of amidine groups is 1. The molecule has 2 saturated heterocycles. The summed E-state index contributed by atoms with van der Waals surface area (Å²) < 4.78 is 39.9. The summed E-state index contributed by atoms with van der Waals surface area (Å²) in [5, 5.41) is 63.9. The molecule has 5 heterocycles. The number of carbonyl (C=O) groups is 2. The molecule has 4 bridgehead atoms. The first kappa shape index (κ1) is 45.7. The van der Waals surface area contributed by atoms with Gasteiger partial charge in [-0.25, -0.2) is 4.79 Å². The van der Waals surface area contributed by atoms with E-state index in [1.165, 1.54) is 7.11 Å². The highest BCUT2D eigenvalue weighted by molar-refractivity contribution is 6.06. The molecule has 64 heavy (non-hydrogen) atoms. The maximum Gasteiger partial charge on any atom is 0.333 e. The minimum Gasteiger partial charge on any atom is -0.482 e. The van der Waals surface area contributed by atoms with Gasteiger partial charge in [-0.3, -0.25) is 10.2 Å². The third kappa shape index (κ3) is 6.54. The Morgan fingerprint density at radius 1 is 1.03 bits per heavy atom.